The Morgan fingerprint density at radius 1 is 1.53 bits per heavy atom. The molecule has 0 fully saturated rings. The van der Waals surface area contributed by atoms with Crippen LogP contribution in [0.3, 0.4) is 0 Å². The van der Waals surface area contributed by atoms with Gasteiger partial charge in [-0.15, -0.1) is 0 Å². The molecule has 0 saturated heterocycles. The largest absolute Gasteiger partial charge is 0.392 e. The summed E-state index contributed by atoms with van der Waals surface area (Å²) >= 11 is 11.3. The average Bonchev–Trinajstić information content (AvgIpc) is 2.29. The second-order valence-corrected chi connectivity index (χ2v) is 5.89. The van der Waals surface area contributed by atoms with E-state index in [4.69, 9.17) is 23.2 Å². The van der Waals surface area contributed by atoms with Crippen LogP contribution in [0, 0.1) is 0 Å². The normalized spacial score (nSPS) is 13.6. The number of nitrogens with one attached hydrogen (secondary N) is 1. The zero-order valence-electron chi connectivity index (χ0n) is 9.02. The highest BCUT2D eigenvalue weighted by atomic mass is 35.5. The molecule has 5 nitrogen and oxygen atoms in total. The molecular weight excluding hydrogens is 287 g/mol. The molecule has 0 amide bonds. The Morgan fingerprint density at radius 2 is 2.18 bits per heavy atom. The maximum absolute atomic E-state index is 11.8. The van der Waals surface area contributed by atoms with Crippen LogP contribution in [0.1, 0.15) is 13.3 Å². The van der Waals surface area contributed by atoms with E-state index < -0.39 is 16.1 Å². The lowest BCUT2D eigenvalue weighted by molar-refractivity contribution is 0.174. The molecule has 17 heavy (non-hydrogen) atoms. The zero-order valence-corrected chi connectivity index (χ0v) is 11.3. The first kappa shape index (κ1) is 14.7. The van der Waals surface area contributed by atoms with Crippen LogP contribution in [0.15, 0.2) is 17.2 Å². The summed E-state index contributed by atoms with van der Waals surface area (Å²) in [7, 11) is -3.81. The van der Waals surface area contributed by atoms with Gasteiger partial charge in [0.15, 0.2) is 0 Å². The second kappa shape index (κ2) is 5.97. The third-order valence-corrected chi connectivity index (χ3v) is 4.10. The number of nitrogens with zero attached hydrogens (tertiary/aromatic N) is 1. The van der Waals surface area contributed by atoms with Gasteiger partial charge in [0.2, 0.25) is 10.0 Å². The molecule has 0 bridgehead atoms. The van der Waals surface area contributed by atoms with Crippen LogP contribution in [0.5, 0.6) is 0 Å². The summed E-state index contributed by atoms with van der Waals surface area (Å²) in [6.45, 7) is 1.66. The minimum atomic E-state index is -3.81. The summed E-state index contributed by atoms with van der Waals surface area (Å²) in [5.41, 5.74) is 0. The molecule has 1 heterocycles. The SMILES string of the molecule is CCC(O)CNS(=O)(=O)c1cc(Cl)cnc1Cl. The number of aliphatic hydroxyl groups excluding tert-OH is 1. The highest BCUT2D eigenvalue weighted by molar-refractivity contribution is 7.89. The molecule has 0 aliphatic heterocycles. The molecule has 2 N–H and O–H groups in total. The highest BCUT2D eigenvalue weighted by Gasteiger charge is 2.20. The maximum atomic E-state index is 11.8. The van der Waals surface area contributed by atoms with Gasteiger partial charge in [0.25, 0.3) is 0 Å². The second-order valence-electron chi connectivity index (χ2n) is 3.36. The van der Waals surface area contributed by atoms with Gasteiger partial charge in [-0.1, -0.05) is 30.1 Å². The highest BCUT2D eigenvalue weighted by Crippen LogP contribution is 2.22. The van der Waals surface area contributed by atoms with Crippen LogP contribution in [-0.4, -0.2) is 31.2 Å². The number of aliphatic hydroxyl groups is 1. The predicted molar refractivity (Wildman–Crippen MR) is 65.7 cm³/mol. The molecule has 0 saturated carbocycles. The first-order chi connectivity index (χ1) is 7.86. The molecule has 8 heteroatoms. The molecule has 1 rings (SSSR count). The summed E-state index contributed by atoms with van der Waals surface area (Å²) in [6, 6.07) is 1.21. The Labute approximate surface area is 110 Å². The van der Waals surface area contributed by atoms with Crippen LogP contribution in [0.4, 0.5) is 0 Å². The van der Waals surface area contributed by atoms with Gasteiger partial charge >= 0.3 is 0 Å². The van der Waals surface area contributed by atoms with Crippen molar-refractivity contribution in [1.82, 2.24) is 9.71 Å². The lowest BCUT2D eigenvalue weighted by atomic mass is 10.3. The molecule has 0 aliphatic rings. The molecule has 0 radical (unpaired) electrons. The summed E-state index contributed by atoms with van der Waals surface area (Å²) in [4.78, 5) is 3.44. The van der Waals surface area contributed by atoms with Gasteiger partial charge in [0.1, 0.15) is 10.0 Å². The predicted octanol–water partition coefficient (Wildman–Crippen LogP) is 1.44. The van der Waals surface area contributed by atoms with Crippen LogP contribution in [0.25, 0.3) is 0 Å². The molecule has 0 aromatic carbocycles. The zero-order chi connectivity index (χ0) is 13.1. The Bertz CT molecular complexity index is 493. The fourth-order valence-electron chi connectivity index (χ4n) is 1.02. The quantitative estimate of drug-likeness (QED) is 0.806. The van der Waals surface area contributed by atoms with E-state index in [0.29, 0.717) is 6.42 Å². The lowest BCUT2D eigenvalue weighted by Crippen LogP contribution is -2.32. The molecule has 1 aromatic heterocycles. The van der Waals surface area contributed by atoms with Crippen molar-refractivity contribution in [2.45, 2.75) is 24.3 Å². The first-order valence-corrected chi connectivity index (χ1v) is 7.09. The minimum absolute atomic E-state index is 0.0817. The van der Waals surface area contributed by atoms with Gasteiger partial charge < -0.3 is 5.11 Å². The van der Waals surface area contributed by atoms with Gasteiger partial charge in [0.05, 0.1) is 11.1 Å². The van der Waals surface area contributed by atoms with Crippen molar-refractivity contribution in [3.05, 3.63) is 22.4 Å². The third kappa shape index (κ3) is 4.08. The number of aromatic nitrogens is 1. The average molecular weight is 299 g/mol. The number of sulfonamides is 1. The number of hydrogen-bond donors (Lipinski definition) is 2. The topological polar surface area (TPSA) is 79.3 Å². The van der Waals surface area contributed by atoms with E-state index in [9.17, 15) is 13.5 Å². The van der Waals surface area contributed by atoms with Crippen LogP contribution in [0.2, 0.25) is 10.2 Å². The van der Waals surface area contributed by atoms with E-state index in [1.807, 2.05) is 0 Å². The number of rotatable bonds is 5. The smallest absolute Gasteiger partial charge is 0.243 e. The van der Waals surface area contributed by atoms with Gasteiger partial charge in [-0.3, -0.25) is 0 Å². The Balaban J connectivity index is 2.93. The Morgan fingerprint density at radius 3 is 2.76 bits per heavy atom. The van der Waals surface area contributed by atoms with Crippen molar-refractivity contribution in [3.63, 3.8) is 0 Å². The minimum Gasteiger partial charge on any atom is -0.392 e. The van der Waals surface area contributed by atoms with E-state index in [1.165, 1.54) is 12.3 Å². The standard InChI is InChI=1S/C9H12Cl2N2O3S/c1-2-7(14)5-13-17(15,16)8-3-6(10)4-12-9(8)11/h3-4,7,13-14H,2,5H2,1H3. The van der Waals surface area contributed by atoms with Crippen LogP contribution < -0.4 is 4.72 Å². The van der Waals surface area contributed by atoms with E-state index in [1.54, 1.807) is 6.92 Å². The number of halogens is 2. The molecule has 96 valence electrons. The summed E-state index contributed by atoms with van der Waals surface area (Å²) < 4.78 is 25.9. The van der Waals surface area contributed by atoms with Gasteiger partial charge in [0, 0.05) is 12.7 Å². The molecule has 1 aromatic rings. The van der Waals surface area contributed by atoms with Crippen molar-refractivity contribution in [2.24, 2.45) is 0 Å². The molecule has 1 atom stereocenters. The van der Waals surface area contributed by atoms with Gasteiger partial charge in [-0.25, -0.2) is 18.1 Å². The van der Waals surface area contributed by atoms with Crippen LogP contribution in [-0.2, 0) is 10.0 Å². The summed E-state index contributed by atoms with van der Waals surface area (Å²) in [6.07, 6.45) is 0.962. The number of hydrogen-bond acceptors (Lipinski definition) is 4. The van der Waals surface area contributed by atoms with Crippen LogP contribution >= 0.6 is 23.2 Å². The van der Waals surface area contributed by atoms with Crippen molar-refractivity contribution in [2.75, 3.05) is 6.54 Å². The maximum Gasteiger partial charge on any atom is 0.243 e. The van der Waals surface area contributed by atoms with Crippen molar-refractivity contribution in [3.8, 4) is 0 Å². The van der Waals surface area contributed by atoms with E-state index in [-0.39, 0.29) is 21.6 Å². The summed E-state index contributed by atoms with van der Waals surface area (Å²) in [5, 5.41) is 9.30. The Kier molecular flexibility index (Phi) is 5.15. The first-order valence-electron chi connectivity index (χ1n) is 4.85. The van der Waals surface area contributed by atoms with Crippen molar-refractivity contribution >= 4 is 33.2 Å². The van der Waals surface area contributed by atoms with Crippen molar-refractivity contribution < 1.29 is 13.5 Å². The summed E-state index contributed by atoms with van der Waals surface area (Å²) in [5.74, 6) is 0. The van der Waals surface area contributed by atoms with E-state index >= 15 is 0 Å². The monoisotopic (exact) mass is 298 g/mol. The molecule has 1 unspecified atom stereocenters. The molecule has 0 spiro atoms. The van der Waals surface area contributed by atoms with Gasteiger partial charge in [-0.05, 0) is 12.5 Å². The fraction of sp³-hybridized carbons (Fsp3) is 0.444. The Hall–Kier alpha value is -0.400. The third-order valence-electron chi connectivity index (χ3n) is 2.04. The van der Waals surface area contributed by atoms with E-state index in [0.717, 1.165) is 0 Å². The molecular formula is C9H12Cl2N2O3S. The lowest BCUT2D eigenvalue weighted by Gasteiger charge is -2.11. The molecule has 0 aliphatic carbocycles. The van der Waals surface area contributed by atoms with Gasteiger partial charge in [-0.2, -0.15) is 0 Å². The van der Waals surface area contributed by atoms with E-state index in [2.05, 4.69) is 9.71 Å². The van der Waals surface area contributed by atoms with Crippen molar-refractivity contribution in [1.29, 1.82) is 0 Å². The fourth-order valence-corrected chi connectivity index (χ4v) is 2.77. The number of pyridine rings is 1.